The average molecular weight is 358 g/mol. The van der Waals surface area contributed by atoms with E-state index in [0.29, 0.717) is 30.6 Å². The molecule has 1 heterocycles. The van der Waals surface area contributed by atoms with Crippen LogP contribution >= 0.6 is 0 Å². The molecule has 0 amide bonds. The predicted molar refractivity (Wildman–Crippen MR) is 105 cm³/mol. The zero-order valence-electron chi connectivity index (χ0n) is 16.9. The highest BCUT2D eigenvalue weighted by Crippen LogP contribution is 2.31. The van der Waals surface area contributed by atoms with Crippen LogP contribution in [-0.4, -0.2) is 43.1 Å². The molecule has 1 aromatic carbocycles. The fourth-order valence-electron chi connectivity index (χ4n) is 3.61. The average Bonchev–Trinajstić information content (AvgIpc) is 2.89. The van der Waals surface area contributed by atoms with E-state index in [0.717, 1.165) is 22.5 Å². The van der Waals surface area contributed by atoms with Crippen LogP contribution in [0.5, 0.6) is 11.5 Å². The molecule has 1 aromatic heterocycles. The van der Waals surface area contributed by atoms with E-state index in [4.69, 9.17) is 9.47 Å². The summed E-state index contributed by atoms with van der Waals surface area (Å²) in [6, 6.07) is 8.14. The molecule has 142 valence electrons. The molecule has 5 heteroatoms. The highest BCUT2D eigenvalue weighted by molar-refractivity contribution is 5.99. The number of rotatable bonds is 8. The van der Waals surface area contributed by atoms with Gasteiger partial charge in [-0.05, 0) is 46.9 Å². The molecule has 0 atom stereocenters. The first-order valence-corrected chi connectivity index (χ1v) is 8.90. The van der Waals surface area contributed by atoms with E-state index in [1.165, 1.54) is 0 Å². The molecule has 26 heavy (non-hydrogen) atoms. The van der Waals surface area contributed by atoms with Gasteiger partial charge in [-0.3, -0.25) is 9.69 Å². The second-order valence-electron chi connectivity index (χ2n) is 7.00. The summed E-state index contributed by atoms with van der Waals surface area (Å²) in [5.74, 6) is 1.55. The van der Waals surface area contributed by atoms with E-state index >= 15 is 0 Å². The molecule has 0 aliphatic heterocycles. The minimum Gasteiger partial charge on any atom is -0.493 e. The quantitative estimate of drug-likeness (QED) is 0.669. The summed E-state index contributed by atoms with van der Waals surface area (Å²) >= 11 is 0. The number of likely N-dealkylation sites (N-methyl/N-ethyl adjacent to an activating group) is 1. The van der Waals surface area contributed by atoms with Crippen LogP contribution < -0.4 is 9.47 Å². The SMILES string of the molecule is COc1cccc(CN(C)CC(=O)c2cc(C)n(C(C)C)c2C)c1OC. The van der Waals surface area contributed by atoms with Crippen LogP contribution in [0.3, 0.4) is 0 Å². The minimum absolute atomic E-state index is 0.134. The molecule has 0 radical (unpaired) electrons. The number of aromatic nitrogens is 1. The van der Waals surface area contributed by atoms with Crippen LogP contribution in [0.15, 0.2) is 24.3 Å². The number of Topliss-reactive ketones (excluding diaryl/α,β-unsaturated/α-hetero) is 1. The molecule has 0 aliphatic rings. The van der Waals surface area contributed by atoms with Crippen molar-refractivity contribution in [2.45, 2.75) is 40.3 Å². The molecule has 0 bridgehead atoms. The molecule has 0 N–H and O–H groups in total. The Morgan fingerprint density at radius 1 is 1.19 bits per heavy atom. The summed E-state index contributed by atoms with van der Waals surface area (Å²) in [6.45, 7) is 9.29. The van der Waals surface area contributed by atoms with Crippen molar-refractivity contribution in [2.75, 3.05) is 27.8 Å². The molecule has 0 spiro atoms. The van der Waals surface area contributed by atoms with Crippen molar-refractivity contribution < 1.29 is 14.3 Å². The third kappa shape index (κ3) is 4.10. The zero-order valence-corrected chi connectivity index (χ0v) is 16.9. The van der Waals surface area contributed by atoms with E-state index in [2.05, 4.69) is 25.3 Å². The Kier molecular flexibility index (Phi) is 6.48. The Morgan fingerprint density at radius 2 is 1.88 bits per heavy atom. The maximum Gasteiger partial charge on any atom is 0.178 e. The largest absolute Gasteiger partial charge is 0.493 e. The maximum atomic E-state index is 12.8. The van der Waals surface area contributed by atoms with Crippen molar-refractivity contribution in [1.29, 1.82) is 0 Å². The Bertz CT molecular complexity index is 778. The standard InChI is InChI=1S/C21H30N2O3/c1-14(2)23-15(3)11-18(16(23)4)19(24)13-22(5)12-17-9-8-10-20(25-6)21(17)26-7/h8-11,14H,12-13H2,1-7H3. The molecule has 0 aliphatic carbocycles. The van der Waals surface area contributed by atoms with Crippen LogP contribution in [0.2, 0.25) is 0 Å². The van der Waals surface area contributed by atoms with E-state index in [1.807, 2.05) is 43.1 Å². The summed E-state index contributed by atoms with van der Waals surface area (Å²) in [4.78, 5) is 14.8. The van der Waals surface area contributed by atoms with Gasteiger partial charge in [-0.15, -0.1) is 0 Å². The lowest BCUT2D eigenvalue weighted by molar-refractivity contribution is 0.0941. The number of hydrogen-bond donors (Lipinski definition) is 0. The number of carbonyl (C=O) groups is 1. The smallest absolute Gasteiger partial charge is 0.178 e. The Balaban J connectivity index is 2.15. The Hall–Kier alpha value is -2.27. The molecule has 5 nitrogen and oxygen atoms in total. The van der Waals surface area contributed by atoms with Crippen molar-refractivity contribution in [2.24, 2.45) is 0 Å². The number of aryl methyl sites for hydroxylation is 1. The fourth-order valence-corrected chi connectivity index (χ4v) is 3.61. The number of methoxy groups -OCH3 is 2. The van der Waals surface area contributed by atoms with Crippen molar-refractivity contribution in [3.63, 3.8) is 0 Å². The van der Waals surface area contributed by atoms with Gasteiger partial charge in [0.2, 0.25) is 0 Å². The first kappa shape index (κ1) is 20.0. The first-order valence-electron chi connectivity index (χ1n) is 8.90. The summed E-state index contributed by atoms with van der Waals surface area (Å²) < 4.78 is 13.0. The number of para-hydroxylation sites is 1. The third-order valence-corrected chi connectivity index (χ3v) is 4.64. The number of ether oxygens (including phenoxy) is 2. The number of carbonyl (C=O) groups excluding carboxylic acids is 1. The van der Waals surface area contributed by atoms with Gasteiger partial charge in [-0.25, -0.2) is 0 Å². The van der Waals surface area contributed by atoms with E-state index in [9.17, 15) is 4.79 Å². The summed E-state index contributed by atoms with van der Waals surface area (Å²) in [6.07, 6.45) is 0. The van der Waals surface area contributed by atoms with Crippen LogP contribution in [-0.2, 0) is 6.54 Å². The number of nitrogens with zero attached hydrogens (tertiary/aromatic N) is 2. The highest BCUT2D eigenvalue weighted by atomic mass is 16.5. The normalized spacial score (nSPS) is 11.3. The first-order chi connectivity index (χ1) is 12.3. The second kappa shape index (κ2) is 8.41. The number of benzene rings is 1. The van der Waals surface area contributed by atoms with Gasteiger partial charge in [0.15, 0.2) is 17.3 Å². The Labute approximate surface area is 156 Å². The van der Waals surface area contributed by atoms with Crippen molar-refractivity contribution in [3.05, 3.63) is 46.8 Å². The van der Waals surface area contributed by atoms with Gasteiger partial charge in [0.1, 0.15) is 0 Å². The van der Waals surface area contributed by atoms with Gasteiger partial charge >= 0.3 is 0 Å². The molecule has 0 saturated heterocycles. The lowest BCUT2D eigenvalue weighted by Crippen LogP contribution is -2.26. The highest BCUT2D eigenvalue weighted by Gasteiger charge is 2.19. The van der Waals surface area contributed by atoms with E-state index < -0.39 is 0 Å². The molecular weight excluding hydrogens is 328 g/mol. The number of hydrogen-bond acceptors (Lipinski definition) is 4. The van der Waals surface area contributed by atoms with Gasteiger partial charge in [-0.1, -0.05) is 12.1 Å². The molecule has 0 fully saturated rings. The van der Waals surface area contributed by atoms with Gasteiger partial charge in [-0.2, -0.15) is 0 Å². The monoisotopic (exact) mass is 358 g/mol. The molecule has 2 aromatic rings. The van der Waals surface area contributed by atoms with E-state index in [-0.39, 0.29) is 5.78 Å². The second-order valence-corrected chi connectivity index (χ2v) is 7.00. The topological polar surface area (TPSA) is 43.7 Å². The van der Waals surface area contributed by atoms with Gasteiger partial charge in [0.25, 0.3) is 0 Å². The Morgan fingerprint density at radius 3 is 2.42 bits per heavy atom. The van der Waals surface area contributed by atoms with Gasteiger partial charge in [0, 0.05) is 35.1 Å². The summed E-state index contributed by atoms with van der Waals surface area (Å²) in [5.41, 5.74) is 3.96. The molecule has 2 rings (SSSR count). The zero-order chi connectivity index (χ0) is 19.4. The van der Waals surface area contributed by atoms with Crippen molar-refractivity contribution >= 4 is 5.78 Å². The number of ketones is 1. The van der Waals surface area contributed by atoms with Gasteiger partial charge in [0.05, 0.1) is 20.8 Å². The fraction of sp³-hybridized carbons (Fsp3) is 0.476. The van der Waals surface area contributed by atoms with Gasteiger partial charge < -0.3 is 14.0 Å². The van der Waals surface area contributed by atoms with E-state index in [1.54, 1.807) is 14.2 Å². The molecule has 0 saturated carbocycles. The van der Waals surface area contributed by atoms with Crippen LogP contribution in [0.4, 0.5) is 0 Å². The lowest BCUT2D eigenvalue weighted by atomic mass is 10.1. The predicted octanol–water partition coefficient (Wildman–Crippen LogP) is 4.02. The third-order valence-electron chi connectivity index (χ3n) is 4.64. The van der Waals surface area contributed by atoms with Crippen molar-refractivity contribution in [1.82, 2.24) is 9.47 Å². The van der Waals surface area contributed by atoms with Crippen molar-refractivity contribution in [3.8, 4) is 11.5 Å². The van der Waals surface area contributed by atoms with Crippen LogP contribution in [0.25, 0.3) is 0 Å². The molecule has 0 unspecified atom stereocenters. The van der Waals surface area contributed by atoms with Crippen LogP contribution in [0.1, 0.15) is 47.2 Å². The summed E-state index contributed by atoms with van der Waals surface area (Å²) in [7, 11) is 5.20. The lowest BCUT2D eigenvalue weighted by Gasteiger charge is -2.19. The molecular formula is C21H30N2O3. The minimum atomic E-state index is 0.134. The maximum absolute atomic E-state index is 12.8. The summed E-state index contributed by atoms with van der Waals surface area (Å²) in [5, 5.41) is 0. The van der Waals surface area contributed by atoms with Crippen LogP contribution in [0, 0.1) is 13.8 Å².